The lowest BCUT2D eigenvalue weighted by Crippen LogP contribution is -2.54. The molecule has 2 aliphatic heterocycles. The lowest BCUT2D eigenvalue weighted by atomic mass is 9.87. The van der Waals surface area contributed by atoms with Crippen molar-refractivity contribution in [2.24, 2.45) is 0 Å². The van der Waals surface area contributed by atoms with E-state index in [9.17, 15) is 24.9 Å². The molecule has 2 heterocycles. The van der Waals surface area contributed by atoms with Gasteiger partial charge in [0.2, 0.25) is 0 Å². The normalized spacial score (nSPS) is 26.0. The molecule has 8 nitrogen and oxygen atoms in total. The molecule has 154 valence electrons. The van der Waals surface area contributed by atoms with Gasteiger partial charge >= 0.3 is 5.97 Å². The second kappa shape index (κ2) is 6.63. The Morgan fingerprint density at radius 2 is 2.00 bits per heavy atom. The van der Waals surface area contributed by atoms with E-state index >= 15 is 0 Å². The molecule has 0 aromatic heterocycles. The molecule has 0 saturated heterocycles. The van der Waals surface area contributed by atoms with Gasteiger partial charge in [0, 0.05) is 24.5 Å². The lowest BCUT2D eigenvalue weighted by Gasteiger charge is -2.41. The number of aliphatic hydroxyl groups is 2. The number of hydrogen-bond donors (Lipinski definition) is 3. The Bertz CT molecular complexity index is 824. The van der Waals surface area contributed by atoms with Gasteiger partial charge in [-0.3, -0.25) is 4.79 Å². The number of ketones is 1. The van der Waals surface area contributed by atoms with Crippen molar-refractivity contribution in [2.75, 3.05) is 0 Å². The van der Waals surface area contributed by atoms with Crippen LogP contribution in [0.5, 0.6) is 17.2 Å². The summed E-state index contributed by atoms with van der Waals surface area (Å²) in [6.07, 6.45) is -2.27. The van der Waals surface area contributed by atoms with Crippen molar-refractivity contribution < 1.29 is 39.1 Å². The summed E-state index contributed by atoms with van der Waals surface area (Å²) >= 11 is 0. The van der Waals surface area contributed by atoms with E-state index in [-0.39, 0.29) is 41.8 Å². The van der Waals surface area contributed by atoms with Crippen molar-refractivity contribution in [1.29, 1.82) is 0 Å². The van der Waals surface area contributed by atoms with Gasteiger partial charge in [0.15, 0.2) is 11.4 Å². The zero-order chi connectivity index (χ0) is 21.0. The second-order valence-electron chi connectivity index (χ2n) is 8.26. The fourth-order valence-corrected chi connectivity index (χ4v) is 3.32. The Kier molecular flexibility index (Phi) is 4.84. The number of Topliss-reactive ketones (excluding diaryl/α,β-unsaturated/α-hetero) is 1. The van der Waals surface area contributed by atoms with Crippen LogP contribution in [0.2, 0.25) is 0 Å². The fourth-order valence-electron chi connectivity index (χ4n) is 3.32. The predicted molar refractivity (Wildman–Crippen MR) is 97.7 cm³/mol. The summed E-state index contributed by atoms with van der Waals surface area (Å²) in [4.78, 5) is 24.7. The number of aliphatic hydroxyl groups excluding tert-OH is 1. The van der Waals surface area contributed by atoms with Crippen LogP contribution in [-0.4, -0.2) is 56.6 Å². The molecular weight excluding hydrogens is 368 g/mol. The van der Waals surface area contributed by atoms with Crippen LogP contribution in [0.4, 0.5) is 0 Å². The average molecular weight is 394 g/mol. The van der Waals surface area contributed by atoms with E-state index in [1.807, 2.05) is 0 Å². The number of carbonyl (C=O) groups excluding carboxylic acids is 2. The third-order valence-electron chi connectivity index (χ3n) is 5.42. The molecule has 0 saturated carbocycles. The first kappa shape index (κ1) is 20.4. The van der Waals surface area contributed by atoms with E-state index in [0.717, 1.165) is 6.92 Å². The Labute approximate surface area is 163 Å². The molecule has 0 unspecified atom stereocenters. The highest BCUT2D eigenvalue weighted by atomic mass is 16.6. The number of benzene rings is 1. The zero-order valence-electron chi connectivity index (χ0n) is 16.6. The molecule has 1 aromatic carbocycles. The van der Waals surface area contributed by atoms with E-state index in [1.165, 1.54) is 6.92 Å². The molecule has 2 aliphatic rings. The fraction of sp³-hybridized carbons (Fsp3) is 0.600. The molecule has 3 N–H and O–H groups in total. The van der Waals surface area contributed by atoms with Gasteiger partial charge in [0.25, 0.3) is 0 Å². The molecule has 0 amide bonds. The van der Waals surface area contributed by atoms with Gasteiger partial charge in [-0.25, -0.2) is 4.79 Å². The van der Waals surface area contributed by atoms with Gasteiger partial charge in [-0.05, 0) is 34.6 Å². The molecule has 0 radical (unpaired) electrons. The highest BCUT2D eigenvalue weighted by Crippen LogP contribution is 2.47. The Morgan fingerprint density at radius 3 is 2.61 bits per heavy atom. The van der Waals surface area contributed by atoms with Crippen LogP contribution in [-0.2, 0) is 16.0 Å². The van der Waals surface area contributed by atoms with E-state index in [1.54, 1.807) is 26.8 Å². The molecule has 4 atom stereocenters. The highest BCUT2D eigenvalue weighted by Gasteiger charge is 2.46. The van der Waals surface area contributed by atoms with Gasteiger partial charge in [-0.1, -0.05) is 0 Å². The van der Waals surface area contributed by atoms with E-state index < -0.39 is 29.4 Å². The van der Waals surface area contributed by atoms with Crippen LogP contribution in [0.25, 0.3) is 0 Å². The minimum absolute atomic E-state index is 0.0753. The standard InChI is InChI=1S/C20H26O8/c1-9-6-12(22)16-14(26-9)8-13-11(17(16)23)7-15(19(3,4)28-13)27-18(24)20(5,25)10(2)21/h8-10,15,21,23,25H,6-7H2,1-5H3/t9-,10-,15+,20-/m1/s1. The van der Waals surface area contributed by atoms with Gasteiger partial charge in [-0.2, -0.15) is 0 Å². The zero-order valence-corrected chi connectivity index (χ0v) is 16.6. The maximum absolute atomic E-state index is 12.4. The van der Waals surface area contributed by atoms with Crippen LogP contribution in [0.1, 0.15) is 57.0 Å². The Morgan fingerprint density at radius 1 is 1.36 bits per heavy atom. The molecule has 0 aliphatic carbocycles. The van der Waals surface area contributed by atoms with Crippen molar-refractivity contribution in [1.82, 2.24) is 0 Å². The highest BCUT2D eigenvalue weighted by molar-refractivity contribution is 6.03. The van der Waals surface area contributed by atoms with Gasteiger partial charge in [0.05, 0.1) is 6.10 Å². The monoisotopic (exact) mass is 394 g/mol. The van der Waals surface area contributed by atoms with Gasteiger partial charge in [0.1, 0.15) is 40.6 Å². The van der Waals surface area contributed by atoms with Crippen molar-refractivity contribution in [3.05, 3.63) is 17.2 Å². The summed E-state index contributed by atoms with van der Waals surface area (Å²) < 4.78 is 17.1. The second-order valence-corrected chi connectivity index (χ2v) is 8.26. The molecule has 0 bridgehead atoms. The summed E-state index contributed by atoms with van der Waals surface area (Å²) in [7, 11) is 0. The van der Waals surface area contributed by atoms with E-state index in [2.05, 4.69) is 0 Å². The summed E-state index contributed by atoms with van der Waals surface area (Å²) in [6.45, 7) is 7.62. The lowest BCUT2D eigenvalue weighted by molar-refractivity contribution is -0.189. The van der Waals surface area contributed by atoms with Crippen molar-refractivity contribution in [3.8, 4) is 17.2 Å². The van der Waals surface area contributed by atoms with Crippen LogP contribution in [0, 0.1) is 0 Å². The molecule has 0 spiro atoms. The average Bonchev–Trinajstić information content (AvgIpc) is 2.54. The first-order valence-electron chi connectivity index (χ1n) is 9.23. The first-order valence-corrected chi connectivity index (χ1v) is 9.23. The maximum atomic E-state index is 12.4. The smallest absolute Gasteiger partial charge is 0.340 e. The molecule has 0 fully saturated rings. The first-order chi connectivity index (χ1) is 12.8. The van der Waals surface area contributed by atoms with E-state index in [4.69, 9.17) is 14.2 Å². The molecule has 8 heteroatoms. The largest absolute Gasteiger partial charge is 0.507 e. The molecule has 28 heavy (non-hydrogen) atoms. The summed E-state index contributed by atoms with van der Waals surface area (Å²) in [6, 6.07) is 1.57. The molecular formula is C20H26O8. The quantitative estimate of drug-likeness (QED) is 0.659. The number of carbonyl (C=O) groups is 2. The third kappa shape index (κ3) is 3.31. The third-order valence-corrected chi connectivity index (χ3v) is 5.42. The molecule has 1 aromatic rings. The number of ether oxygens (including phenoxy) is 3. The van der Waals surface area contributed by atoms with Crippen LogP contribution in [0.3, 0.4) is 0 Å². The topological polar surface area (TPSA) is 123 Å². The summed E-state index contributed by atoms with van der Waals surface area (Å²) in [5.74, 6) is -0.868. The van der Waals surface area contributed by atoms with E-state index in [0.29, 0.717) is 11.3 Å². The number of esters is 1. The summed E-state index contributed by atoms with van der Waals surface area (Å²) in [5.41, 5.74) is -2.64. The Balaban J connectivity index is 1.96. The van der Waals surface area contributed by atoms with Gasteiger partial charge < -0.3 is 29.5 Å². The SMILES string of the molecule is C[C@@H]1CC(=O)c2c(cc3c(c2O)C[C@H](OC(=O)[C@](C)(O)[C@@H](C)O)C(C)(C)O3)O1. The van der Waals surface area contributed by atoms with Crippen molar-refractivity contribution in [2.45, 2.75) is 77.0 Å². The van der Waals surface area contributed by atoms with Crippen molar-refractivity contribution >= 4 is 11.8 Å². The van der Waals surface area contributed by atoms with Crippen molar-refractivity contribution in [3.63, 3.8) is 0 Å². The number of phenols is 1. The Hall–Kier alpha value is -2.32. The minimum Gasteiger partial charge on any atom is -0.507 e. The van der Waals surface area contributed by atoms with Crippen LogP contribution in [0.15, 0.2) is 6.07 Å². The summed E-state index contributed by atoms with van der Waals surface area (Å²) in [5, 5.41) is 30.5. The number of fused-ring (bicyclic) bond motifs is 2. The maximum Gasteiger partial charge on any atom is 0.340 e. The number of hydrogen-bond acceptors (Lipinski definition) is 8. The predicted octanol–water partition coefficient (Wildman–Crippen LogP) is 1.50. The van der Waals surface area contributed by atoms with Crippen LogP contribution >= 0.6 is 0 Å². The molecule has 3 rings (SSSR count). The number of rotatable bonds is 3. The van der Waals surface area contributed by atoms with Gasteiger partial charge in [-0.15, -0.1) is 0 Å². The number of phenolic OH excluding ortho intramolecular Hbond substituents is 1. The van der Waals surface area contributed by atoms with Crippen LogP contribution < -0.4 is 9.47 Å². The number of aromatic hydroxyl groups is 1. The minimum atomic E-state index is -2.09.